The summed E-state index contributed by atoms with van der Waals surface area (Å²) < 4.78 is 13.4. The fourth-order valence-corrected chi connectivity index (χ4v) is 1.79. The van der Waals surface area contributed by atoms with Gasteiger partial charge in [0.2, 0.25) is 0 Å². The number of rotatable bonds is 4. The highest BCUT2D eigenvalue weighted by Gasteiger charge is 2.17. The van der Waals surface area contributed by atoms with Crippen molar-refractivity contribution in [1.29, 1.82) is 0 Å². The Hall–Kier alpha value is -2.21. The molecule has 7 heteroatoms. The lowest BCUT2D eigenvalue weighted by atomic mass is 10.2. The zero-order chi connectivity index (χ0) is 14.7. The van der Waals surface area contributed by atoms with Crippen LogP contribution in [0.3, 0.4) is 0 Å². The maximum atomic E-state index is 13.4. The van der Waals surface area contributed by atoms with Crippen molar-refractivity contribution in [3.8, 4) is 0 Å². The van der Waals surface area contributed by atoms with Crippen LogP contribution in [0.15, 0.2) is 30.5 Å². The molecule has 0 spiro atoms. The fourth-order valence-electron chi connectivity index (χ4n) is 1.63. The standard InChI is InChI=1S/C13H11ClFN3O2/c1-8-2-3-9(6-16-8)7-17-12-5-11(15)10(14)4-13(12)18(19)20/h2-6,17H,7H2,1H3. The number of hydrogen-bond acceptors (Lipinski definition) is 4. The average molecular weight is 296 g/mol. The van der Waals surface area contributed by atoms with Gasteiger partial charge in [-0.25, -0.2) is 4.39 Å². The van der Waals surface area contributed by atoms with E-state index in [2.05, 4.69) is 10.3 Å². The Kier molecular flexibility index (Phi) is 4.14. The number of aromatic nitrogens is 1. The van der Waals surface area contributed by atoms with Gasteiger partial charge in [-0.3, -0.25) is 15.1 Å². The van der Waals surface area contributed by atoms with Crippen LogP contribution >= 0.6 is 11.6 Å². The molecule has 0 saturated carbocycles. The maximum absolute atomic E-state index is 13.4. The zero-order valence-electron chi connectivity index (χ0n) is 10.6. The Morgan fingerprint density at radius 3 is 2.80 bits per heavy atom. The first-order chi connectivity index (χ1) is 9.47. The van der Waals surface area contributed by atoms with Gasteiger partial charge in [-0.05, 0) is 18.6 Å². The fraction of sp³-hybridized carbons (Fsp3) is 0.154. The molecule has 2 aromatic rings. The van der Waals surface area contributed by atoms with Crippen molar-refractivity contribution >= 4 is 23.0 Å². The highest BCUT2D eigenvalue weighted by atomic mass is 35.5. The minimum absolute atomic E-state index is 0.0810. The van der Waals surface area contributed by atoms with E-state index in [1.54, 1.807) is 6.20 Å². The maximum Gasteiger partial charge on any atom is 0.294 e. The molecule has 0 aliphatic heterocycles. The van der Waals surface area contributed by atoms with Crippen molar-refractivity contribution in [3.63, 3.8) is 0 Å². The third-order valence-corrected chi connectivity index (χ3v) is 2.98. The third kappa shape index (κ3) is 3.21. The van der Waals surface area contributed by atoms with Crippen molar-refractivity contribution in [2.24, 2.45) is 0 Å². The van der Waals surface area contributed by atoms with Crippen molar-refractivity contribution in [3.05, 3.63) is 62.7 Å². The molecule has 5 nitrogen and oxygen atoms in total. The minimum atomic E-state index is -0.707. The molecule has 0 atom stereocenters. The monoisotopic (exact) mass is 295 g/mol. The summed E-state index contributed by atoms with van der Waals surface area (Å²) in [5.74, 6) is -0.707. The minimum Gasteiger partial charge on any atom is -0.375 e. The van der Waals surface area contributed by atoms with E-state index in [-0.39, 0.29) is 16.4 Å². The molecule has 0 amide bonds. The van der Waals surface area contributed by atoms with Gasteiger partial charge in [0.05, 0.1) is 9.95 Å². The first-order valence-electron chi connectivity index (χ1n) is 5.76. The van der Waals surface area contributed by atoms with E-state index in [1.165, 1.54) is 0 Å². The molecule has 0 radical (unpaired) electrons. The molecular weight excluding hydrogens is 285 g/mol. The Morgan fingerprint density at radius 2 is 2.20 bits per heavy atom. The summed E-state index contributed by atoms with van der Waals surface area (Å²) >= 11 is 5.55. The lowest BCUT2D eigenvalue weighted by Crippen LogP contribution is -2.04. The Labute approximate surface area is 119 Å². The predicted molar refractivity (Wildman–Crippen MR) is 74.4 cm³/mol. The lowest BCUT2D eigenvalue weighted by molar-refractivity contribution is -0.384. The van der Waals surface area contributed by atoms with Crippen LogP contribution in [-0.2, 0) is 6.54 Å². The summed E-state index contributed by atoms with van der Waals surface area (Å²) in [7, 11) is 0. The Balaban J connectivity index is 2.22. The van der Waals surface area contributed by atoms with Crippen LogP contribution in [0.4, 0.5) is 15.8 Å². The highest BCUT2D eigenvalue weighted by molar-refractivity contribution is 6.31. The van der Waals surface area contributed by atoms with Gasteiger partial charge in [-0.2, -0.15) is 0 Å². The van der Waals surface area contributed by atoms with Crippen LogP contribution in [0, 0.1) is 22.9 Å². The van der Waals surface area contributed by atoms with Crippen molar-refractivity contribution in [2.75, 3.05) is 5.32 Å². The molecule has 20 heavy (non-hydrogen) atoms. The molecule has 0 saturated heterocycles. The van der Waals surface area contributed by atoms with Gasteiger partial charge in [0.25, 0.3) is 5.69 Å². The number of hydrogen-bond donors (Lipinski definition) is 1. The van der Waals surface area contributed by atoms with Crippen molar-refractivity contribution in [2.45, 2.75) is 13.5 Å². The van der Waals surface area contributed by atoms with E-state index in [1.807, 2.05) is 19.1 Å². The molecule has 1 N–H and O–H groups in total. The van der Waals surface area contributed by atoms with E-state index in [0.717, 1.165) is 23.4 Å². The SMILES string of the molecule is Cc1ccc(CNc2cc(F)c(Cl)cc2[N+](=O)[O-])cn1. The van der Waals surface area contributed by atoms with Crippen LogP contribution in [0.2, 0.25) is 5.02 Å². The van der Waals surface area contributed by atoms with Gasteiger partial charge in [-0.1, -0.05) is 17.7 Å². The summed E-state index contributed by atoms with van der Waals surface area (Å²) in [4.78, 5) is 14.4. The molecule has 0 aliphatic rings. The number of pyridine rings is 1. The average Bonchev–Trinajstić information content (AvgIpc) is 2.41. The molecule has 2 rings (SSSR count). The predicted octanol–water partition coefficient (Wildman–Crippen LogP) is 3.70. The van der Waals surface area contributed by atoms with Crippen LogP contribution in [0.5, 0.6) is 0 Å². The molecule has 0 fully saturated rings. The van der Waals surface area contributed by atoms with Crippen molar-refractivity contribution < 1.29 is 9.31 Å². The smallest absolute Gasteiger partial charge is 0.294 e. The number of halogens is 2. The normalized spacial score (nSPS) is 10.3. The number of nitro groups is 1. The third-order valence-electron chi connectivity index (χ3n) is 2.69. The molecular formula is C13H11ClFN3O2. The van der Waals surface area contributed by atoms with Crippen LogP contribution in [0.25, 0.3) is 0 Å². The van der Waals surface area contributed by atoms with E-state index in [9.17, 15) is 14.5 Å². The highest BCUT2D eigenvalue weighted by Crippen LogP contribution is 2.30. The first-order valence-corrected chi connectivity index (χ1v) is 6.14. The van der Waals surface area contributed by atoms with Crippen molar-refractivity contribution in [1.82, 2.24) is 4.98 Å². The second-order valence-electron chi connectivity index (χ2n) is 4.20. The summed E-state index contributed by atoms with van der Waals surface area (Å²) in [6.07, 6.45) is 1.65. The van der Waals surface area contributed by atoms with Crippen LogP contribution < -0.4 is 5.32 Å². The summed E-state index contributed by atoms with van der Waals surface area (Å²) in [5.41, 5.74) is 1.52. The van der Waals surface area contributed by atoms with Crippen LogP contribution in [0.1, 0.15) is 11.3 Å². The zero-order valence-corrected chi connectivity index (χ0v) is 11.3. The van der Waals surface area contributed by atoms with Gasteiger partial charge >= 0.3 is 0 Å². The first kappa shape index (κ1) is 14.2. The second-order valence-corrected chi connectivity index (χ2v) is 4.61. The molecule has 0 bridgehead atoms. The molecule has 104 valence electrons. The van der Waals surface area contributed by atoms with E-state index in [0.29, 0.717) is 6.54 Å². The number of nitrogens with zero attached hydrogens (tertiary/aromatic N) is 2. The van der Waals surface area contributed by atoms with Gasteiger partial charge in [0.1, 0.15) is 11.5 Å². The van der Waals surface area contributed by atoms with E-state index in [4.69, 9.17) is 11.6 Å². The van der Waals surface area contributed by atoms with E-state index < -0.39 is 10.7 Å². The number of aryl methyl sites for hydroxylation is 1. The summed E-state index contributed by atoms with van der Waals surface area (Å²) in [6.45, 7) is 2.16. The van der Waals surface area contributed by atoms with Crippen LogP contribution in [-0.4, -0.2) is 9.91 Å². The summed E-state index contributed by atoms with van der Waals surface area (Å²) in [6, 6.07) is 5.68. The van der Waals surface area contributed by atoms with Gasteiger partial charge < -0.3 is 5.32 Å². The molecule has 1 aromatic carbocycles. The van der Waals surface area contributed by atoms with Gasteiger partial charge in [-0.15, -0.1) is 0 Å². The number of nitro benzene ring substituents is 1. The van der Waals surface area contributed by atoms with E-state index >= 15 is 0 Å². The topological polar surface area (TPSA) is 68.1 Å². The second kappa shape index (κ2) is 5.83. The number of anilines is 1. The molecule has 1 aromatic heterocycles. The Morgan fingerprint density at radius 1 is 1.45 bits per heavy atom. The number of nitrogens with one attached hydrogen (secondary N) is 1. The summed E-state index contributed by atoms with van der Waals surface area (Å²) in [5, 5.41) is 13.5. The molecule has 1 heterocycles. The van der Waals surface area contributed by atoms with Gasteiger partial charge in [0, 0.05) is 30.6 Å². The number of benzene rings is 1. The quantitative estimate of drug-likeness (QED) is 0.690. The van der Waals surface area contributed by atoms with Gasteiger partial charge in [0.15, 0.2) is 0 Å². The molecule has 0 aliphatic carbocycles. The largest absolute Gasteiger partial charge is 0.375 e. The lowest BCUT2D eigenvalue weighted by Gasteiger charge is -2.08. The Bertz CT molecular complexity index is 647. The molecule has 0 unspecified atom stereocenters.